The maximum Gasteiger partial charge on any atom is 0.264 e. The highest BCUT2D eigenvalue weighted by atomic mass is 32.2. The second-order valence-corrected chi connectivity index (χ2v) is 6.57. The summed E-state index contributed by atoms with van der Waals surface area (Å²) in [5, 5.41) is 11.7. The monoisotopic (exact) mass is 267 g/mol. The van der Waals surface area contributed by atoms with Gasteiger partial charge < -0.3 is 10.4 Å². The van der Waals surface area contributed by atoms with Gasteiger partial charge >= 0.3 is 0 Å². The molecule has 0 aromatic carbocycles. The van der Waals surface area contributed by atoms with Gasteiger partial charge in [-0.2, -0.15) is 8.42 Å². The molecule has 7 heteroatoms. The number of hydrogen-bond acceptors (Lipinski definition) is 4. The molecular formula is C10H21NO5S. The topological polar surface area (TPSA) is 104 Å². The van der Waals surface area contributed by atoms with Gasteiger partial charge in [0.2, 0.25) is 5.91 Å². The van der Waals surface area contributed by atoms with Crippen molar-refractivity contribution in [1.82, 2.24) is 5.32 Å². The van der Waals surface area contributed by atoms with E-state index >= 15 is 0 Å². The number of aliphatic hydroxyl groups is 1. The van der Waals surface area contributed by atoms with Crippen molar-refractivity contribution in [2.24, 2.45) is 5.41 Å². The van der Waals surface area contributed by atoms with Gasteiger partial charge in [-0.3, -0.25) is 9.35 Å². The Morgan fingerprint density at radius 1 is 1.41 bits per heavy atom. The zero-order valence-electron chi connectivity index (χ0n) is 10.4. The molecule has 0 saturated heterocycles. The van der Waals surface area contributed by atoms with Crippen LogP contribution in [0.4, 0.5) is 0 Å². The van der Waals surface area contributed by atoms with Gasteiger partial charge in [-0.1, -0.05) is 13.8 Å². The second kappa shape index (κ2) is 6.32. The molecule has 0 aliphatic heterocycles. The van der Waals surface area contributed by atoms with E-state index in [1.165, 1.54) is 6.92 Å². The van der Waals surface area contributed by atoms with Crippen molar-refractivity contribution in [3.05, 3.63) is 0 Å². The normalized spacial score (nSPS) is 14.4. The number of carbonyl (C=O) groups excluding carboxylic acids is 1. The Hall–Kier alpha value is -0.660. The van der Waals surface area contributed by atoms with Gasteiger partial charge in [0.25, 0.3) is 10.1 Å². The highest BCUT2D eigenvalue weighted by Gasteiger charge is 2.24. The largest absolute Gasteiger partial charge is 0.396 e. The Kier molecular flexibility index (Phi) is 6.08. The van der Waals surface area contributed by atoms with Crippen LogP contribution in [0.15, 0.2) is 0 Å². The molecule has 0 radical (unpaired) electrons. The lowest BCUT2D eigenvalue weighted by molar-refractivity contribution is -0.119. The molecule has 0 saturated carbocycles. The third kappa shape index (κ3) is 9.08. The maximum absolute atomic E-state index is 11.0. The predicted molar refractivity (Wildman–Crippen MR) is 64.1 cm³/mol. The van der Waals surface area contributed by atoms with Gasteiger partial charge in [0.05, 0.1) is 5.75 Å². The molecule has 102 valence electrons. The average molecular weight is 267 g/mol. The molecule has 0 aliphatic carbocycles. The fourth-order valence-electron chi connectivity index (χ4n) is 1.54. The van der Waals surface area contributed by atoms with Crippen molar-refractivity contribution in [1.29, 1.82) is 0 Å². The van der Waals surface area contributed by atoms with Gasteiger partial charge in [-0.05, 0) is 18.3 Å². The van der Waals surface area contributed by atoms with Crippen molar-refractivity contribution in [2.45, 2.75) is 39.7 Å². The number of aliphatic hydroxyl groups excluding tert-OH is 1. The van der Waals surface area contributed by atoms with Crippen LogP contribution >= 0.6 is 0 Å². The van der Waals surface area contributed by atoms with E-state index in [1.807, 2.05) is 13.8 Å². The molecule has 0 heterocycles. The molecular weight excluding hydrogens is 246 g/mol. The summed E-state index contributed by atoms with van der Waals surface area (Å²) in [5.74, 6) is -0.668. The quantitative estimate of drug-likeness (QED) is 0.571. The molecule has 0 aromatic heterocycles. The van der Waals surface area contributed by atoms with Crippen molar-refractivity contribution >= 4 is 16.0 Å². The van der Waals surface area contributed by atoms with E-state index in [9.17, 15) is 13.2 Å². The molecule has 0 bridgehead atoms. The van der Waals surface area contributed by atoms with Crippen LogP contribution in [0.25, 0.3) is 0 Å². The van der Waals surface area contributed by atoms with Crippen molar-refractivity contribution in [3.63, 3.8) is 0 Å². The van der Waals surface area contributed by atoms with Crippen LogP contribution in [0, 0.1) is 5.41 Å². The van der Waals surface area contributed by atoms with E-state index in [-0.39, 0.29) is 25.0 Å². The fourth-order valence-corrected chi connectivity index (χ4v) is 2.12. The zero-order valence-corrected chi connectivity index (χ0v) is 11.2. The summed E-state index contributed by atoms with van der Waals surface area (Å²) in [6.45, 7) is 4.91. The Morgan fingerprint density at radius 2 is 1.94 bits per heavy atom. The average Bonchev–Trinajstić information content (AvgIpc) is 2.12. The van der Waals surface area contributed by atoms with E-state index in [1.54, 1.807) is 0 Å². The molecule has 1 atom stereocenters. The summed E-state index contributed by atoms with van der Waals surface area (Å²) >= 11 is 0. The van der Waals surface area contributed by atoms with E-state index in [2.05, 4.69) is 5.32 Å². The SMILES string of the molecule is CC(=O)NC(CCS(=O)(=O)O)CC(C)(C)CO. The molecule has 17 heavy (non-hydrogen) atoms. The third-order valence-electron chi connectivity index (χ3n) is 2.36. The first-order valence-electron chi connectivity index (χ1n) is 5.39. The van der Waals surface area contributed by atoms with Gasteiger partial charge in [0, 0.05) is 19.6 Å². The van der Waals surface area contributed by atoms with Gasteiger partial charge in [0.15, 0.2) is 0 Å². The standard InChI is InChI=1S/C10H21NO5S/c1-8(13)11-9(4-5-17(14,15)16)6-10(2,3)7-12/h9,12H,4-7H2,1-3H3,(H,11,13)(H,14,15,16). The molecule has 1 unspecified atom stereocenters. The van der Waals surface area contributed by atoms with Gasteiger partial charge in [0.1, 0.15) is 0 Å². The molecule has 0 aliphatic rings. The molecule has 0 aromatic rings. The minimum absolute atomic E-state index is 0.0606. The lowest BCUT2D eigenvalue weighted by Gasteiger charge is -2.28. The number of hydrogen-bond donors (Lipinski definition) is 3. The van der Waals surface area contributed by atoms with Crippen LogP contribution in [-0.4, -0.2) is 42.4 Å². The lowest BCUT2D eigenvalue weighted by Crippen LogP contribution is -2.39. The summed E-state index contributed by atoms with van der Waals surface area (Å²) in [6.07, 6.45) is 0.570. The highest BCUT2D eigenvalue weighted by molar-refractivity contribution is 7.85. The first kappa shape index (κ1) is 16.3. The van der Waals surface area contributed by atoms with Crippen LogP contribution in [-0.2, 0) is 14.9 Å². The Balaban J connectivity index is 4.49. The van der Waals surface area contributed by atoms with E-state index in [4.69, 9.17) is 9.66 Å². The second-order valence-electron chi connectivity index (χ2n) is 5.00. The number of nitrogens with one attached hydrogen (secondary N) is 1. The van der Waals surface area contributed by atoms with Crippen LogP contribution in [0.2, 0.25) is 0 Å². The molecule has 0 rings (SSSR count). The molecule has 1 amide bonds. The summed E-state index contributed by atoms with van der Waals surface area (Å²) in [5.41, 5.74) is -0.410. The summed E-state index contributed by atoms with van der Waals surface area (Å²) < 4.78 is 30.0. The van der Waals surface area contributed by atoms with Crippen LogP contribution < -0.4 is 5.32 Å². The van der Waals surface area contributed by atoms with Crippen LogP contribution in [0.1, 0.15) is 33.6 Å². The van der Waals surface area contributed by atoms with Crippen LogP contribution in [0.3, 0.4) is 0 Å². The Bertz CT molecular complexity index is 350. The minimum Gasteiger partial charge on any atom is -0.396 e. The number of rotatable bonds is 7. The van der Waals surface area contributed by atoms with Crippen LogP contribution in [0.5, 0.6) is 0 Å². The van der Waals surface area contributed by atoms with E-state index in [0.29, 0.717) is 6.42 Å². The van der Waals surface area contributed by atoms with E-state index in [0.717, 1.165) is 0 Å². The lowest BCUT2D eigenvalue weighted by atomic mass is 9.86. The first-order valence-corrected chi connectivity index (χ1v) is 7.00. The predicted octanol–water partition coefficient (Wildman–Crippen LogP) is 0.178. The number of amides is 1. The summed E-state index contributed by atoms with van der Waals surface area (Å²) in [7, 11) is -4.03. The van der Waals surface area contributed by atoms with Gasteiger partial charge in [-0.25, -0.2) is 0 Å². The first-order chi connectivity index (χ1) is 7.56. The van der Waals surface area contributed by atoms with Crippen molar-refractivity contribution < 1.29 is 22.9 Å². The molecule has 3 N–H and O–H groups in total. The Labute approximate surface area is 102 Å². The zero-order chi connectivity index (χ0) is 13.7. The summed E-state index contributed by atoms with van der Waals surface area (Å²) in [4.78, 5) is 11.0. The molecule has 6 nitrogen and oxygen atoms in total. The van der Waals surface area contributed by atoms with Crippen molar-refractivity contribution in [3.8, 4) is 0 Å². The van der Waals surface area contributed by atoms with Crippen molar-refractivity contribution in [2.75, 3.05) is 12.4 Å². The van der Waals surface area contributed by atoms with E-state index < -0.39 is 21.3 Å². The number of carbonyl (C=O) groups is 1. The highest BCUT2D eigenvalue weighted by Crippen LogP contribution is 2.22. The third-order valence-corrected chi connectivity index (χ3v) is 3.11. The fraction of sp³-hybridized carbons (Fsp3) is 0.900. The smallest absolute Gasteiger partial charge is 0.264 e. The van der Waals surface area contributed by atoms with Gasteiger partial charge in [-0.15, -0.1) is 0 Å². The minimum atomic E-state index is -4.03. The molecule has 0 fully saturated rings. The molecule has 0 spiro atoms. The maximum atomic E-state index is 11.0. The Morgan fingerprint density at radius 3 is 2.29 bits per heavy atom. The summed E-state index contributed by atoms with van der Waals surface area (Å²) in [6, 6.07) is -0.378.